The molecular formula is C17H14FN5OS. The lowest BCUT2D eigenvalue weighted by Crippen LogP contribution is -2.24. The Morgan fingerprint density at radius 3 is 2.72 bits per heavy atom. The van der Waals surface area contributed by atoms with Crippen molar-refractivity contribution in [1.82, 2.24) is 24.1 Å². The van der Waals surface area contributed by atoms with Crippen molar-refractivity contribution in [1.29, 1.82) is 0 Å². The molecule has 0 amide bonds. The number of hydrogen-bond acceptors (Lipinski definition) is 5. The van der Waals surface area contributed by atoms with Crippen molar-refractivity contribution in [2.75, 3.05) is 6.26 Å². The van der Waals surface area contributed by atoms with Crippen LogP contribution in [0.3, 0.4) is 0 Å². The lowest BCUT2D eigenvalue weighted by atomic mass is 10.2. The Balaban J connectivity index is 1.95. The highest BCUT2D eigenvalue weighted by molar-refractivity contribution is 7.98. The van der Waals surface area contributed by atoms with E-state index in [1.807, 2.05) is 18.4 Å². The van der Waals surface area contributed by atoms with Gasteiger partial charge in [-0.15, -0.1) is 10.2 Å². The summed E-state index contributed by atoms with van der Waals surface area (Å²) in [5.74, 6) is -0.114. The SMILES string of the molecule is CSc1nnc2n(CCc3ccncc3)c(=O)c3cccc(F)c3n12. The lowest BCUT2D eigenvalue weighted by molar-refractivity contribution is 0.628. The summed E-state index contributed by atoms with van der Waals surface area (Å²) < 4.78 is 17.6. The van der Waals surface area contributed by atoms with E-state index < -0.39 is 5.82 Å². The van der Waals surface area contributed by atoms with Gasteiger partial charge in [-0.25, -0.2) is 4.39 Å². The third kappa shape index (κ3) is 2.58. The molecule has 4 aromatic rings. The monoisotopic (exact) mass is 355 g/mol. The second kappa shape index (κ2) is 6.29. The van der Waals surface area contributed by atoms with E-state index in [0.29, 0.717) is 29.3 Å². The number of aromatic nitrogens is 5. The first kappa shape index (κ1) is 15.8. The van der Waals surface area contributed by atoms with Crippen LogP contribution >= 0.6 is 11.8 Å². The van der Waals surface area contributed by atoms with Crippen LogP contribution in [-0.4, -0.2) is 30.4 Å². The number of pyridine rings is 1. The highest BCUT2D eigenvalue weighted by atomic mass is 32.2. The van der Waals surface area contributed by atoms with E-state index in [1.54, 1.807) is 33.5 Å². The van der Waals surface area contributed by atoms with Gasteiger partial charge in [-0.2, -0.15) is 0 Å². The molecule has 126 valence electrons. The van der Waals surface area contributed by atoms with Gasteiger partial charge in [-0.1, -0.05) is 17.8 Å². The van der Waals surface area contributed by atoms with Gasteiger partial charge < -0.3 is 0 Å². The predicted molar refractivity (Wildman–Crippen MR) is 94.4 cm³/mol. The number of thioether (sulfide) groups is 1. The highest BCUT2D eigenvalue weighted by Gasteiger charge is 2.18. The van der Waals surface area contributed by atoms with Crippen molar-refractivity contribution < 1.29 is 4.39 Å². The predicted octanol–water partition coefficient (Wildman–Crippen LogP) is 2.54. The van der Waals surface area contributed by atoms with E-state index in [1.165, 1.54) is 17.8 Å². The van der Waals surface area contributed by atoms with Gasteiger partial charge in [0.25, 0.3) is 5.56 Å². The smallest absolute Gasteiger partial charge is 0.262 e. The molecule has 0 aliphatic heterocycles. The molecule has 1 aromatic carbocycles. The third-order valence-electron chi connectivity index (χ3n) is 4.10. The number of rotatable bonds is 4. The number of fused-ring (bicyclic) bond motifs is 3. The fourth-order valence-corrected chi connectivity index (χ4v) is 3.39. The van der Waals surface area contributed by atoms with Crippen molar-refractivity contribution in [3.8, 4) is 0 Å². The van der Waals surface area contributed by atoms with Crippen LogP contribution in [0.5, 0.6) is 0 Å². The molecule has 25 heavy (non-hydrogen) atoms. The number of halogens is 1. The summed E-state index contributed by atoms with van der Waals surface area (Å²) >= 11 is 1.36. The Bertz CT molecular complexity index is 1120. The van der Waals surface area contributed by atoms with Crippen LogP contribution in [0.4, 0.5) is 4.39 Å². The van der Waals surface area contributed by atoms with Gasteiger partial charge in [-0.3, -0.25) is 18.7 Å². The molecule has 4 rings (SSSR count). The second-order valence-electron chi connectivity index (χ2n) is 5.52. The summed E-state index contributed by atoms with van der Waals surface area (Å²) in [5.41, 5.74) is 1.01. The van der Waals surface area contributed by atoms with Crippen molar-refractivity contribution in [2.24, 2.45) is 0 Å². The first-order valence-electron chi connectivity index (χ1n) is 7.69. The second-order valence-corrected chi connectivity index (χ2v) is 6.29. The number of benzene rings is 1. The van der Waals surface area contributed by atoms with E-state index in [4.69, 9.17) is 0 Å². The zero-order valence-electron chi connectivity index (χ0n) is 13.4. The zero-order valence-corrected chi connectivity index (χ0v) is 14.2. The Kier molecular flexibility index (Phi) is 3.96. The lowest BCUT2D eigenvalue weighted by Gasteiger charge is -2.11. The molecule has 0 radical (unpaired) electrons. The van der Waals surface area contributed by atoms with Gasteiger partial charge in [0.05, 0.1) is 10.9 Å². The Morgan fingerprint density at radius 2 is 1.96 bits per heavy atom. The van der Waals surface area contributed by atoms with Crippen molar-refractivity contribution in [3.05, 3.63) is 64.5 Å². The number of para-hydroxylation sites is 1. The highest BCUT2D eigenvalue weighted by Crippen LogP contribution is 2.22. The number of aryl methyl sites for hydroxylation is 2. The largest absolute Gasteiger partial charge is 0.276 e. The molecule has 0 spiro atoms. The van der Waals surface area contributed by atoms with Crippen LogP contribution in [0.1, 0.15) is 5.56 Å². The molecule has 0 aliphatic rings. The minimum absolute atomic E-state index is 0.219. The summed E-state index contributed by atoms with van der Waals surface area (Å²) in [6.45, 7) is 0.422. The average Bonchev–Trinajstić information content (AvgIpc) is 3.06. The van der Waals surface area contributed by atoms with E-state index >= 15 is 0 Å². The van der Waals surface area contributed by atoms with Crippen molar-refractivity contribution >= 4 is 28.4 Å². The van der Waals surface area contributed by atoms with Crippen LogP contribution in [0.15, 0.2) is 52.7 Å². The maximum atomic E-state index is 14.4. The van der Waals surface area contributed by atoms with Crippen LogP contribution in [0, 0.1) is 5.82 Å². The normalized spacial score (nSPS) is 11.4. The molecule has 3 heterocycles. The molecule has 0 saturated carbocycles. The van der Waals surface area contributed by atoms with E-state index in [0.717, 1.165) is 5.56 Å². The van der Waals surface area contributed by atoms with Crippen molar-refractivity contribution in [2.45, 2.75) is 18.1 Å². The molecule has 6 nitrogen and oxygen atoms in total. The van der Waals surface area contributed by atoms with Gasteiger partial charge in [0, 0.05) is 18.9 Å². The van der Waals surface area contributed by atoms with Crippen LogP contribution < -0.4 is 5.56 Å². The molecule has 0 N–H and O–H groups in total. The minimum atomic E-state index is -0.462. The van der Waals surface area contributed by atoms with Gasteiger partial charge in [0.15, 0.2) is 5.16 Å². The average molecular weight is 355 g/mol. The Hall–Kier alpha value is -2.74. The van der Waals surface area contributed by atoms with E-state index in [2.05, 4.69) is 15.2 Å². The molecule has 8 heteroatoms. The molecule has 0 saturated heterocycles. The summed E-state index contributed by atoms with van der Waals surface area (Å²) in [6.07, 6.45) is 5.91. The minimum Gasteiger partial charge on any atom is -0.276 e. The van der Waals surface area contributed by atoms with E-state index in [-0.39, 0.29) is 11.1 Å². The van der Waals surface area contributed by atoms with Crippen molar-refractivity contribution in [3.63, 3.8) is 0 Å². The Labute approximate surface area is 146 Å². The molecule has 0 atom stereocenters. The maximum absolute atomic E-state index is 14.4. The van der Waals surface area contributed by atoms with E-state index in [9.17, 15) is 9.18 Å². The zero-order chi connectivity index (χ0) is 17.4. The number of hydrogen-bond donors (Lipinski definition) is 0. The van der Waals surface area contributed by atoms with Gasteiger partial charge >= 0.3 is 0 Å². The maximum Gasteiger partial charge on any atom is 0.262 e. The Morgan fingerprint density at radius 1 is 1.16 bits per heavy atom. The molecule has 0 bridgehead atoms. The standard InChI is InChI=1S/C17H14FN5OS/c1-25-17-21-20-16-22(10-7-11-5-8-19-9-6-11)15(24)12-3-2-4-13(18)14(12)23(16)17/h2-6,8-9H,7,10H2,1H3. The fourth-order valence-electron chi connectivity index (χ4n) is 2.91. The quantitative estimate of drug-likeness (QED) is 0.527. The first-order chi connectivity index (χ1) is 12.2. The molecule has 0 fully saturated rings. The fraction of sp³-hybridized carbons (Fsp3) is 0.176. The molecular weight excluding hydrogens is 341 g/mol. The summed E-state index contributed by atoms with van der Waals surface area (Å²) in [6, 6.07) is 8.32. The van der Waals surface area contributed by atoms with Crippen LogP contribution in [-0.2, 0) is 13.0 Å². The third-order valence-corrected chi connectivity index (χ3v) is 4.73. The first-order valence-corrected chi connectivity index (χ1v) is 8.92. The van der Waals surface area contributed by atoms with Crippen LogP contribution in [0.2, 0.25) is 0 Å². The molecule has 0 unspecified atom stereocenters. The topological polar surface area (TPSA) is 65.1 Å². The summed E-state index contributed by atoms with van der Waals surface area (Å²) in [4.78, 5) is 16.9. The van der Waals surface area contributed by atoms with Gasteiger partial charge in [-0.05, 0) is 42.5 Å². The number of nitrogens with zero attached hydrogens (tertiary/aromatic N) is 5. The van der Waals surface area contributed by atoms with Crippen LogP contribution in [0.25, 0.3) is 16.7 Å². The molecule has 0 aliphatic carbocycles. The molecule has 3 aromatic heterocycles. The summed E-state index contributed by atoms with van der Waals surface area (Å²) in [7, 11) is 0. The summed E-state index contributed by atoms with van der Waals surface area (Å²) in [5, 5.41) is 9.09. The van der Waals surface area contributed by atoms with Gasteiger partial charge in [0.2, 0.25) is 5.78 Å². The van der Waals surface area contributed by atoms with Gasteiger partial charge in [0.1, 0.15) is 5.82 Å².